The quantitative estimate of drug-likeness (QED) is 0.853. The number of rotatable bonds is 2. The zero-order valence-electron chi connectivity index (χ0n) is 11.1. The summed E-state index contributed by atoms with van der Waals surface area (Å²) < 4.78 is 2.79. The Labute approximate surface area is 121 Å². The van der Waals surface area contributed by atoms with Crippen LogP contribution in [0.5, 0.6) is 0 Å². The van der Waals surface area contributed by atoms with Gasteiger partial charge in [-0.1, -0.05) is 26.2 Å². The van der Waals surface area contributed by atoms with E-state index in [2.05, 4.69) is 38.3 Å². The van der Waals surface area contributed by atoms with Crippen LogP contribution in [0.1, 0.15) is 39.0 Å². The van der Waals surface area contributed by atoms with Gasteiger partial charge in [-0.3, -0.25) is 0 Å². The molecule has 0 bridgehead atoms. The Morgan fingerprint density at radius 1 is 1.32 bits per heavy atom. The van der Waals surface area contributed by atoms with Gasteiger partial charge >= 0.3 is 0 Å². The number of nitrogens with zero attached hydrogens (tertiary/aromatic N) is 3. The van der Waals surface area contributed by atoms with Crippen LogP contribution in [-0.2, 0) is 0 Å². The van der Waals surface area contributed by atoms with E-state index in [0.29, 0.717) is 12.0 Å². The van der Waals surface area contributed by atoms with Crippen LogP contribution in [0.2, 0.25) is 0 Å². The minimum absolute atomic E-state index is 0.499. The van der Waals surface area contributed by atoms with E-state index >= 15 is 0 Å². The highest BCUT2D eigenvalue weighted by atomic mass is 79.9. The van der Waals surface area contributed by atoms with Crippen LogP contribution in [0.3, 0.4) is 0 Å². The van der Waals surface area contributed by atoms with Gasteiger partial charge in [0.15, 0.2) is 5.65 Å². The fourth-order valence-electron chi connectivity index (χ4n) is 2.81. The molecule has 0 spiro atoms. The number of hydrogen-bond donors (Lipinski definition) is 1. The summed E-state index contributed by atoms with van der Waals surface area (Å²) in [5, 5.41) is 8.02. The third kappa shape index (κ3) is 2.76. The molecule has 1 fully saturated rings. The van der Waals surface area contributed by atoms with Crippen molar-refractivity contribution in [3.63, 3.8) is 0 Å². The minimum Gasteiger partial charge on any atom is -0.350 e. The standard InChI is InChI=1S/C14H19BrN4/c1-10-6-3-2-4-8-12(10)16-14-17-13-11(15)7-5-9-19(13)18-14/h5,7,9-10,12H,2-4,6,8H2,1H3,(H,16,18). The fourth-order valence-corrected chi connectivity index (χ4v) is 3.23. The van der Waals surface area contributed by atoms with Gasteiger partial charge < -0.3 is 5.32 Å². The minimum atomic E-state index is 0.499. The van der Waals surface area contributed by atoms with E-state index in [9.17, 15) is 0 Å². The second-order valence-corrected chi connectivity index (χ2v) is 6.28. The van der Waals surface area contributed by atoms with E-state index in [1.54, 1.807) is 0 Å². The Morgan fingerprint density at radius 2 is 2.16 bits per heavy atom. The van der Waals surface area contributed by atoms with Crippen LogP contribution >= 0.6 is 15.9 Å². The first kappa shape index (κ1) is 12.9. The van der Waals surface area contributed by atoms with Crippen LogP contribution < -0.4 is 5.32 Å². The highest BCUT2D eigenvalue weighted by Gasteiger charge is 2.21. The summed E-state index contributed by atoms with van der Waals surface area (Å²) in [6, 6.07) is 4.45. The first-order valence-electron chi connectivity index (χ1n) is 7.01. The van der Waals surface area contributed by atoms with Gasteiger partial charge in [-0.25, -0.2) is 4.52 Å². The second kappa shape index (κ2) is 5.49. The van der Waals surface area contributed by atoms with Gasteiger partial charge in [-0.2, -0.15) is 4.98 Å². The number of halogens is 1. The van der Waals surface area contributed by atoms with Gasteiger partial charge in [-0.05, 0) is 46.8 Å². The van der Waals surface area contributed by atoms with E-state index in [-0.39, 0.29) is 0 Å². The van der Waals surface area contributed by atoms with Crippen molar-refractivity contribution < 1.29 is 0 Å². The van der Waals surface area contributed by atoms with Crippen LogP contribution in [0, 0.1) is 5.92 Å². The number of hydrogen-bond acceptors (Lipinski definition) is 3. The second-order valence-electron chi connectivity index (χ2n) is 5.43. The third-order valence-corrected chi connectivity index (χ3v) is 4.61. The molecule has 19 heavy (non-hydrogen) atoms. The van der Waals surface area contributed by atoms with E-state index in [1.807, 2.05) is 22.8 Å². The number of nitrogens with one attached hydrogen (secondary N) is 1. The maximum atomic E-state index is 4.57. The molecule has 2 aromatic rings. The van der Waals surface area contributed by atoms with Crippen molar-refractivity contribution >= 4 is 27.5 Å². The molecule has 1 aliphatic rings. The van der Waals surface area contributed by atoms with Crippen molar-refractivity contribution in [2.24, 2.45) is 5.92 Å². The smallest absolute Gasteiger partial charge is 0.243 e. The van der Waals surface area contributed by atoms with Crippen molar-refractivity contribution in [1.82, 2.24) is 14.6 Å². The first-order valence-corrected chi connectivity index (χ1v) is 7.81. The molecule has 3 rings (SSSR count). The molecule has 0 aromatic carbocycles. The highest BCUT2D eigenvalue weighted by Crippen LogP contribution is 2.25. The topological polar surface area (TPSA) is 42.2 Å². The summed E-state index contributed by atoms with van der Waals surface area (Å²) in [6.07, 6.45) is 8.45. The van der Waals surface area contributed by atoms with Crippen molar-refractivity contribution in [3.8, 4) is 0 Å². The third-order valence-electron chi connectivity index (χ3n) is 3.99. The van der Waals surface area contributed by atoms with Gasteiger partial charge in [-0.15, -0.1) is 5.10 Å². The summed E-state index contributed by atoms with van der Waals surface area (Å²) in [5.41, 5.74) is 0.867. The maximum absolute atomic E-state index is 4.57. The predicted octanol–water partition coefficient (Wildman–Crippen LogP) is 3.87. The lowest BCUT2D eigenvalue weighted by Gasteiger charge is -2.21. The molecule has 1 aliphatic carbocycles. The normalized spacial score (nSPS) is 24.3. The molecular formula is C14H19BrN4. The number of pyridine rings is 1. The maximum Gasteiger partial charge on any atom is 0.243 e. The molecule has 1 N–H and O–H groups in total. The Kier molecular flexibility index (Phi) is 3.73. The average Bonchev–Trinajstić information content (AvgIpc) is 2.70. The monoisotopic (exact) mass is 322 g/mol. The van der Waals surface area contributed by atoms with Crippen molar-refractivity contribution in [2.75, 3.05) is 5.32 Å². The van der Waals surface area contributed by atoms with Gasteiger partial charge in [0.1, 0.15) is 0 Å². The summed E-state index contributed by atoms with van der Waals surface area (Å²) in [5.74, 6) is 1.43. The molecule has 1 saturated carbocycles. The van der Waals surface area contributed by atoms with Crippen LogP contribution in [0.4, 0.5) is 5.95 Å². The van der Waals surface area contributed by atoms with Crippen LogP contribution in [-0.4, -0.2) is 20.6 Å². The molecular weight excluding hydrogens is 304 g/mol. The summed E-state index contributed by atoms with van der Waals surface area (Å²) >= 11 is 3.51. The number of anilines is 1. The van der Waals surface area contributed by atoms with E-state index in [1.165, 1.54) is 32.1 Å². The summed E-state index contributed by atoms with van der Waals surface area (Å²) in [6.45, 7) is 2.33. The lowest BCUT2D eigenvalue weighted by molar-refractivity contribution is 0.454. The largest absolute Gasteiger partial charge is 0.350 e. The lowest BCUT2D eigenvalue weighted by Crippen LogP contribution is -2.26. The number of aromatic nitrogens is 3. The van der Waals surface area contributed by atoms with Crippen LogP contribution in [0.25, 0.3) is 5.65 Å². The Hall–Kier alpha value is -1.10. The summed E-state index contributed by atoms with van der Waals surface area (Å²) in [7, 11) is 0. The van der Waals surface area contributed by atoms with Gasteiger partial charge in [0.2, 0.25) is 5.95 Å². The fraction of sp³-hybridized carbons (Fsp3) is 0.571. The predicted molar refractivity (Wildman–Crippen MR) is 80.3 cm³/mol. The molecule has 2 atom stereocenters. The van der Waals surface area contributed by atoms with Gasteiger partial charge in [0.05, 0.1) is 4.47 Å². The van der Waals surface area contributed by atoms with Gasteiger partial charge in [0.25, 0.3) is 0 Å². The molecule has 2 aromatic heterocycles. The van der Waals surface area contributed by atoms with E-state index in [4.69, 9.17) is 0 Å². The molecule has 2 heterocycles. The molecule has 102 valence electrons. The van der Waals surface area contributed by atoms with Crippen molar-refractivity contribution in [3.05, 3.63) is 22.8 Å². The Morgan fingerprint density at radius 3 is 3.00 bits per heavy atom. The zero-order valence-corrected chi connectivity index (χ0v) is 12.7. The Balaban J connectivity index is 1.82. The van der Waals surface area contributed by atoms with Crippen molar-refractivity contribution in [1.29, 1.82) is 0 Å². The molecule has 2 unspecified atom stereocenters. The van der Waals surface area contributed by atoms with Crippen LogP contribution in [0.15, 0.2) is 22.8 Å². The molecule has 0 amide bonds. The van der Waals surface area contributed by atoms with Crippen molar-refractivity contribution in [2.45, 2.75) is 45.1 Å². The lowest BCUT2D eigenvalue weighted by atomic mass is 9.97. The van der Waals surface area contributed by atoms with E-state index in [0.717, 1.165) is 16.1 Å². The Bertz CT molecular complexity index is 566. The first-order chi connectivity index (χ1) is 9.24. The van der Waals surface area contributed by atoms with Gasteiger partial charge in [0, 0.05) is 12.2 Å². The molecule has 5 heteroatoms. The molecule has 4 nitrogen and oxygen atoms in total. The molecule has 0 radical (unpaired) electrons. The zero-order chi connectivity index (χ0) is 13.2. The van der Waals surface area contributed by atoms with E-state index < -0.39 is 0 Å². The molecule has 0 saturated heterocycles. The SMILES string of the molecule is CC1CCCCCC1Nc1nc2c(Br)cccn2n1. The highest BCUT2D eigenvalue weighted by molar-refractivity contribution is 9.10. The molecule has 0 aliphatic heterocycles. The average molecular weight is 323 g/mol. The summed E-state index contributed by atoms with van der Waals surface area (Å²) in [4.78, 5) is 4.57. The number of fused-ring (bicyclic) bond motifs is 1.